The van der Waals surface area contributed by atoms with E-state index < -0.39 is 0 Å². The van der Waals surface area contributed by atoms with Gasteiger partial charge in [0.15, 0.2) is 0 Å². The summed E-state index contributed by atoms with van der Waals surface area (Å²) in [7, 11) is 1.65. The molecular weight excluding hydrogens is 338 g/mol. The van der Waals surface area contributed by atoms with Crippen molar-refractivity contribution in [1.29, 1.82) is 0 Å². The Bertz CT molecular complexity index is 874. The molecule has 1 fully saturated rings. The molecule has 2 aromatic carbocycles. The van der Waals surface area contributed by atoms with Gasteiger partial charge >= 0.3 is 0 Å². The van der Waals surface area contributed by atoms with Crippen molar-refractivity contribution in [2.75, 3.05) is 7.11 Å². The van der Waals surface area contributed by atoms with Gasteiger partial charge in [-0.05, 0) is 43.4 Å². The highest BCUT2D eigenvalue weighted by Crippen LogP contribution is 2.36. The number of rotatable bonds is 8. The van der Waals surface area contributed by atoms with Gasteiger partial charge in [0.25, 0.3) is 0 Å². The van der Waals surface area contributed by atoms with Crippen LogP contribution in [0.3, 0.4) is 0 Å². The Morgan fingerprint density at radius 2 is 1.93 bits per heavy atom. The molecule has 0 N–H and O–H groups in total. The van der Waals surface area contributed by atoms with Crippen LogP contribution in [0.2, 0.25) is 0 Å². The highest BCUT2D eigenvalue weighted by Gasteiger charge is 2.32. The summed E-state index contributed by atoms with van der Waals surface area (Å²) in [6.45, 7) is 3.85. The van der Waals surface area contributed by atoms with Crippen LogP contribution >= 0.6 is 0 Å². The molecule has 1 atom stereocenters. The lowest BCUT2D eigenvalue weighted by Crippen LogP contribution is -2.33. The summed E-state index contributed by atoms with van der Waals surface area (Å²) in [5, 5.41) is 4.17. The van der Waals surface area contributed by atoms with Crippen LogP contribution in [0.15, 0.2) is 59.1 Å². The molecule has 1 aromatic heterocycles. The van der Waals surface area contributed by atoms with E-state index in [1.54, 1.807) is 7.11 Å². The van der Waals surface area contributed by atoms with Gasteiger partial charge in [0.1, 0.15) is 5.75 Å². The molecule has 140 valence electrons. The molecule has 5 heteroatoms. The highest BCUT2D eigenvalue weighted by atomic mass is 16.5. The largest absolute Gasteiger partial charge is 0.497 e. The minimum atomic E-state index is 0.498. The minimum absolute atomic E-state index is 0.498. The second-order valence-electron chi connectivity index (χ2n) is 7.21. The number of aromatic nitrogens is 2. The molecule has 0 bridgehead atoms. The van der Waals surface area contributed by atoms with E-state index in [1.165, 1.54) is 18.4 Å². The zero-order valence-electron chi connectivity index (χ0n) is 15.8. The molecule has 5 nitrogen and oxygen atoms in total. The molecule has 4 rings (SSSR count). The third-order valence-corrected chi connectivity index (χ3v) is 5.24. The Labute approximate surface area is 160 Å². The van der Waals surface area contributed by atoms with Gasteiger partial charge in [-0.25, -0.2) is 0 Å². The third kappa shape index (κ3) is 4.37. The van der Waals surface area contributed by atoms with Crippen molar-refractivity contribution in [3.8, 4) is 17.1 Å². The van der Waals surface area contributed by atoms with E-state index in [1.807, 2.05) is 24.3 Å². The van der Waals surface area contributed by atoms with Gasteiger partial charge in [0.05, 0.1) is 13.7 Å². The van der Waals surface area contributed by atoms with Gasteiger partial charge in [-0.2, -0.15) is 4.98 Å². The van der Waals surface area contributed by atoms with Crippen LogP contribution in [0.25, 0.3) is 11.4 Å². The molecule has 0 aliphatic heterocycles. The second kappa shape index (κ2) is 7.92. The summed E-state index contributed by atoms with van der Waals surface area (Å²) < 4.78 is 10.9. The van der Waals surface area contributed by atoms with Crippen LogP contribution in [0.4, 0.5) is 0 Å². The third-order valence-electron chi connectivity index (χ3n) is 5.24. The molecule has 1 aliphatic rings. The summed E-state index contributed by atoms with van der Waals surface area (Å²) in [6.07, 6.45) is 2.62. The Kier molecular flexibility index (Phi) is 5.21. The Balaban J connectivity index is 1.51. The van der Waals surface area contributed by atoms with Gasteiger partial charge in [-0.3, -0.25) is 4.90 Å². The van der Waals surface area contributed by atoms with Crippen molar-refractivity contribution in [2.45, 2.75) is 38.9 Å². The Morgan fingerprint density at radius 1 is 1.11 bits per heavy atom. The molecule has 0 spiro atoms. The summed E-state index contributed by atoms with van der Waals surface area (Å²) in [4.78, 5) is 7.06. The fourth-order valence-electron chi connectivity index (χ4n) is 3.41. The van der Waals surface area contributed by atoms with Crippen molar-refractivity contribution in [3.63, 3.8) is 0 Å². The van der Waals surface area contributed by atoms with E-state index in [0.717, 1.165) is 23.8 Å². The molecule has 1 saturated carbocycles. The van der Waals surface area contributed by atoms with Crippen LogP contribution in [0.5, 0.6) is 5.75 Å². The van der Waals surface area contributed by atoms with Gasteiger partial charge in [0.2, 0.25) is 11.7 Å². The number of benzene rings is 2. The predicted octanol–water partition coefficient (Wildman–Crippen LogP) is 4.55. The SMILES string of the molecule is COc1cccc(-c2noc(CN(Cc3ccccc3)C(C)C3CC3)n2)c1. The fourth-order valence-corrected chi connectivity index (χ4v) is 3.41. The average molecular weight is 363 g/mol. The lowest BCUT2D eigenvalue weighted by Gasteiger charge is -2.27. The van der Waals surface area contributed by atoms with Gasteiger partial charge in [0, 0.05) is 18.2 Å². The summed E-state index contributed by atoms with van der Waals surface area (Å²) in [5.74, 6) is 2.81. The highest BCUT2D eigenvalue weighted by molar-refractivity contribution is 5.56. The molecule has 0 amide bonds. The monoisotopic (exact) mass is 363 g/mol. The van der Waals surface area contributed by atoms with Gasteiger partial charge in [-0.1, -0.05) is 47.6 Å². The molecule has 0 radical (unpaired) electrons. The summed E-state index contributed by atoms with van der Waals surface area (Å²) >= 11 is 0. The lowest BCUT2D eigenvalue weighted by molar-refractivity contribution is 0.150. The number of nitrogens with zero attached hydrogens (tertiary/aromatic N) is 3. The predicted molar refractivity (Wildman–Crippen MR) is 104 cm³/mol. The van der Waals surface area contributed by atoms with Gasteiger partial charge in [-0.15, -0.1) is 0 Å². The van der Waals surface area contributed by atoms with Crippen molar-refractivity contribution in [2.24, 2.45) is 5.92 Å². The zero-order chi connectivity index (χ0) is 18.6. The maximum Gasteiger partial charge on any atom is 0.241 e. The molecular formula is C22H25N3O2. The van der Waals surface area contributed by atoms with E-state index in [-0.39, 0.29) is 0 Å². The molecule has 1 heterocycles. The first kappa shape index (κ1) is 17.7. The van der Waals surface area contributed by atoms with Crippen LogP contribution in [0.1, 0.15) is 31.2 Å². The molecule has 27 heavy (non-hydrogen) atoms. The Hall–Kier alpha value is -2.66. The first-order valence-corrected chi connectivity index (χ1v) is 9.48. The lowest BCUT2D eigenvalue weighted by atomic mass is 10.1. The van der Waals surface area contributed by atoms with Gasteiger partial charge < -0.3 is 9.26 Å². The number of methoxy groups -OCH3 is 1. The smallest absolute Gasteiger partial charge is 0.241 e. The second-order valence-corrected chi connectivity index (χ2v) is 7.21. The van der Waals surface area contributed by atoms with Crippen molar-refractivity contribution < 1.29 is 9.26 Å². The van der Waals surface area contributed by atoms with E-state index in [9.17, 15) is 0 Å². The fraction of sp³-hybridized carbons (Fsp3) is 0.364. The van der Waals surface area contributed by atoms with Crippen molar-refractivity contribution >= 4 is 0 Å². The zero-order valence-corrected chi connectivity index (χ0v) is 15.8. The minimum Gasteiger partial charge on any atom is -0.497 e. The van der Waals surface area contributed by atoms with E-state index >= 15 is 0 Å². The van der Waals surface area contributed by atoms with Crippen LogP contribution in [-0.4, -0.2) is 28.2 Å². The first-order chi connectivity index (χ1) is 13.2. The number of ether oxygens (including phenoxy) is 1. The maximum atomic E-state index is 5.57. The van der Waals surface area contributed by atoms with Crippen molar-refractivity contribution in [1.82, 2.24) is 15.0 Å². The maximum absolute atomic E-state index is 5.57. The molecule has 3 aromatic rings. The molecule has 1 aliphatic carbocycles. The quantitative estimate of drug-likeness (QED) is 0.588. The summed E-state index contributed by atoms with van der Waals surface area (Å²) in [6, 6.07) is 18.8. The average Bonchev–Trinajstić information content (AvgIpc) is 3.46. The van der Waals surface area contributed by atoms with Crippen LogP contribution in [0, 0.1) is 5.92 Å². The number of hydrogen-bond donors (Lipinski definition) is 0. The number of hydrogen-bond acceptors (Lipinski definition) is 5. The molecule has 0 saturated heterocycles. The van der Waals surface area contributed by atoms with E-state index in [0.29, 0.717) is 24.3 Å². The standard InChI is InChI=1S/C22H25N3O2/c1-16(18-11-12-18)25(14-17-7-4-3-5-8-17)15-21-23-22(24-27-21)19-9-6-10-20(13-19)26-2/h3-10,13,16,18H,11-12,14-15H2,1-2H3. The first-order valence-electron chi connectivity index (χ1n) is 9.48. The topological polar surface area (TPSA) is 51.4 Å². The normalized spacial score (nSPS) is 15.1. The summed E-state index contributed by atoms with van der Waals surface area (Å²) in [5.41, 5.74) is 2.20. The molecule has 1 unspecified atom stereocenters. The van der Waals surface area contributed by atoms with Crippen LogP contribution in [-0.2, 0) is 13.1 Å². The van der Waals surface area contributed by atoms with Crippen molar-refractivity contribution in [3.05, 3.63) is 66.1 Å². The van der Waals surface area contributed by atoms with Crippen LogP contribution < -0.4 is 4.74 Å². The van der Waals surface area contributed by atoms with E-state index in [4.69, 9.17) is 9.26 Å². The Morgan fingerprint density at radius 3 is 2.67 bits per heavy atom. The van der Waals surface area contributed by atoms with E-state index in [2.05, 4.69) is 52.3 Å².